The van der Waals surface area contributed by atoms with Crippen LogP contribution in [0.2, 0.25) is 5.02 Å². The van der Waals surface area contributed by atoms with Gasteiger partial charge < -0.3 is 25.4 Å². The van der Waals surface area contributed by atoms with Crippen LogP contribution in [0, 0.1) is 0 Å². The second-order valence-corrected chi connectivity index (χ2v) is 4.19. The lowest BCUT2D eigenvalue weighted by atomic mass is 10.1. The summed E-state index contributed by atoms with van der Waals surface area (Å²) in [7, 11) is 0. The highest BCUT2D eigenvalue weighted by atomic mass is 35.5. The van der Waals surface area contributed by atoms with Crippen LogP contribution < -0.4 is 10.1 Å². The maximum absolute atomic E-state index is 11.0. The molecule has 0 spiro atoms. The van der Waals surface area contributed by atoms with Gasteiger partial charge in [-0.3, -0.25) is 0 Å². The van der Waals surface area contributed by atoms with Gasteiger partial charge in [-0.15, -0.1) is 0 Å². The van der Waals surface area contributed by atoms with Crippen molar-refractivity contribution in [1.29, 1.82) is 0 Å². The molecule has 19 heavy (non-hydrogen) atoms. The predicted octanol–water partition coefficient (Wildman–Crippen LogP) is 1.20. The van der Waals surface area contributed by atoms with Crippen molar-refractivity contribution in [3.05, 3.63) is 22.7 Å². The van der Waals surface area contributed by atoms with Gasteiger partial charge >= 0.3 is 5.97 Å². The molecule has 0 radical (unpaired) electrons. The molecule has 1 unspecified atom stereocenters. The van der Waals surface area contributed by atoms with Crippen LogP contribution in [0.4, 0.5) is 5.69 Å². The molecule has 0 aliphatic heterocycles. The molecule has 7 heteroatoms. The van der Waals surface area contributed by atoms with E-state index in [4.69, 9.17) is 26.6 Å². The van der Waals surface area contributed by atoms with Crippen LogP contribution in [0.15, 0.2) is 12.1 Å². The van der Waals surface area contributed by atoms with Crippen LogP contribution in [0.25, 0.3) is 0 Å². The second-order valence-electron chi connectivity index (χ2n) is 3.78. The summed E-state index contributed by atoms with van der Waals surface area (Å²) in [5.74, 6) is -0.937. The van der Waals surface area contributed by atoms with Gasteiger partial charge in [0.1, 0.15) is 11.3 Å². The molecule has 0 bridgehead atoms. The first kappa shape index (κ1) is 15.6. The predicted molar refractivity (Wildman–Crippen MR) is 71.2 cm³/mol. The average molecular weight is 290 g/mol. The molecule has 106 valence electrons. The number of aromatic carboxylic acids is 1. The van der Waals surface area contributed by atoms with Gasteiger partial charge in [-0.05, 0) is 13.0 Å². The number of benzene rings is 1. The lowest BCUT2D eigenvalue weighted by molar-refractivity contribution is 0.0692. The highest BCUT2D eigenvalue weighted by Crippen LogP contribution is 2.31. The zero-order valence-electron chi connectivity index (χ0n) is 10.4. The van der Waals surface area contributed by atoms with Crippen LogP contribution in [0.3, 0.4) is 0 Å². The van der Waals surface area contributed by atoms with E-state index in [1.165, 1.54) is 12.1 Å². The summed E-state index contributed by atoms with van der Waals surface area (Å²) in [6, 6.07) is 2.74. The molecule has 0 aliphatic rings. The minimum atomic E-state index is -1.13. The lowest BCUT2D eigenvalue weighted by Crippen LogP contribution is -2.23. The van der Waals surface area contributed by atoms with Crippen molar-refractivity contribution in [2.75, 3.05) is 25.1 Å². The quantitative estimate of drug-likeness (QED) is 0.602. The van der Waals surface area contributed by atoms with Gasteiger partial charge in [-0.1, -0.05) is 11.6 Å². The maximum Gasteiger partial charge on any atom is 0.339 e. The third-order valence-electron chi connectivity index (χ3n) is 2.34. The molecule has 4 N–H and O–H groups in total. The highest BCUT2D eigenvalue weighted by Gasteiger charge is 2.15. The monoisotopic (exact) mass is 289 g/mol. The van der Waals surface area contributed by atoms with E-state index in [1.807, 2.05) is 0 Å². The van der Waals surface area contributed by atoms with Gasteiger partial charge in [0.15, 0.2) is 0 Å². The number of ether oxygens (including phenoxy) is 1. The fourth-order valence-corrected chi connectivity index (χ4v) is 1.65. The number of nitrogens with one attached hydrogen (secondary N) is 1. The third-order valence-corrected chi connectivity index (χ3v) is 2.65. The van der Waals surface area contributed by atoms with E-state index in [0.29, 0.717) is 12.3 Å². The van der Waals surface area contributed by atoms with Gasteiger partial charge in [0.05, 0.1) is 30.0 Å². The Morgan fingerprint density at radius 3 is 2.74 bits per heavy atom. The molecular weight excluding hydrogens is 274 g/mol. The van der Waals surface area contributed by atoms with Crippen molar-refractivity contribution in [3.63, 3.8) is 0 Å². The van der Waals surface area contributed by atoms with Gasteiger partial charge in [0.25, 0.3) is 0 Å². The number of hydrogen-bond acceptors (Lipinski definition) is 5. The summed E-state index contributed by atoms with van der Waals surface area (Å²) in [5.41, 5.74) is 0.405. The Kier molecular flexibility index (Phi) is 5.88. The molecule has 0 saturated carbocycles. The van der Waals surface area contributed by atoms with E-state index in [1.54, 1.807) is 6.92 Å². The zero-order valence-corrected chi connectivity index (χ0v) is 11.1. The van der Waals surface area contributed by atoms with E-state index in [9.17, 15) is 9.90 Å². The second kappa shape index (κ2) is 7.18. The number of anilines is 1. The Morgan fingerprint density at radius 2 is 2.21 bits per heavy atom. The SMILES string of the molecule is CCOc1cc(NCC(O)CO)c(Cl)cc1C(=O)O. The van der Waals surface area contributed by atoms with Crippen LogP contribution >= 0.6 is 11.6 Å². The molecule has 0 amide bonds. The van der Waals surface area contributed by atoms with Gasteiger partial charge in [0.2, 0.25) is 0 Å². The van der Waals surface area contributed by atoms with Crippen molar-refractivity contribution in [2.45, 2.75) is 13.0 Å². The number of carboxylic acids is 1. The van der Waals surface area contributed by atoms with Gasteiger partial charge in [0, 0.05) is 12.6 Å². The molecule has 1 rings (SSSR count). The molecule has 0 heterocycles. The minimum absolute atomic E-state index is 0.0277. The normalized spacial score (nSPS) is 12.0. The number of halogens is 1. The molecular formula is C12H16ClNO5. The number of hydrogen-bond donors (Lipinski definition) is 4. The van der Waals surface area contributed by atoms with Crippen molar-refractivity contribution >= 4 is 23.3 Å². The first-order valence-electron chi connectivity index (χ1n) is 5.72. The van der Waals surface area contributed by atoms with E-state index in [0.717, 1.165) is 0 Å². The fourth-order valence-electron chi connectivity index (χ4n) is 1.42. The number of rotatable bonds is 7. The first-order valence-corrected chi connectivity index (χ1v) is 6.09. The summed E-state index contributed by atoms with van der Waals surface area (Å²) in [4.78, 5) is 11.0. The molecule has 6 nitrogen and oxygen atoms in total. The highest BCUT2D eigenvalue weighted by molar-refractivity contribution is 6.33. The molecule has 0 saturated heterocycles. The Morgan fingerprint density at radius 1 is 1.53 bits per heavy atom. The Balaban J connectivity index is 2.99. The van der Waals surface area contributed by atoms with Gasteiger partial charge in [-0.2, -0.15) is 0 Å². The molecule has 0 aliphatic carbocycles. The Labute approximate surface area is 115 Å². The Bertz CT molecular complexity index is 452. The fraction of sp³-hybridized carbons (Fsp3) is 0.417. The summed E-state index contributed by atoms with van der Waals surface area (Å²) in [5, 5.41) is 30.0. The van der Waals surface area contributed by atoms with E-state index >= 15 is 0 Å². The summed E-state index contributed by atoms with van der Waals surface area (Å²) in [6.07, 6.45) is -0.925. The van der Waals surface area contributed by atoms with Crippen LogP contribution in [0.1, 0.15) is 17.3 Å². The summed E-state index contributed by atoms with van der Waals surface area (Å²) >= 11 is 5.95. The number of carboxylic acid groups (broad SMARTS) is 1. The van der Waals surface area contributed by atoms with Crippen molar-refractivity contribution < 1.29 is 24.9 Å². The van der Waals surface area contributed by atoms with Crippen LogP contribution in [0.5, 0.6) is 5.75 Å². The smallest absolute Gasteiger partial charge is 0.339 e. The largest absolute Gasteiger partial charge is 0.493 e. The van der Waals surface area contributed by atoms with Crippen molar-refractivity contribution in [2.24, 2.45) is 0 Å². The van der Waals surface area contributed by atoms with Crippen LogP contribution in [-0.4, -0.2) is 47.2 Å². The van der Waals surface area contributed by atoms with E-state index < -0.39 is 12.1 Å². The zero-order chi connectivity index (χ0) is 14.4. The molecule has 1 aromatic rings. The standard InChI is InChI=1S/C12H16ClNO5/c1-2-19-11-4-10(14-5-7(16)6-15)9(13)3-8(11)12(17)18/h3-4,7,14-16H,2,5-6H2,1H3,(H,17,18). The van der Waals surface area contributed by atoms with Crippen LogP contribution in [-0.2, 0) is 0 Å². The summed E-state index contributed by atoms with van der Waals surface area (Å²) in [6.45, 7) is 1.77. The van der Waals surface area contributed by atoms with E-state index in [2.05, 4.69) is 5.32 Å². The molecule has 1 aromatic carbocycles. The molecule has 0 aromatic heterocycles. The van der Waals surface area contributed by atoms with Gasteiger partial charge in [-0.25, -0.2) is 4.79 Å². The number of carbonyl (C=O) groups is 1. The maximum atomic E-state index is 11.0. The minimum Gasteiger partial charge on any atom is -0.493 e. The summed E-state index contributed by atoms with van der Waals surface area (Å²) < 4.78 is 5.24. The Hall–Kier alpha value is -1.50. The average Bonchev–Trinajstić information content (AvgIpc) is 2.38. The number of aliphatic hydroxyl groups is 2. The van der Waals surface area contributed by atoms with E-state index in [-0.39, 0.29) is 29.5 Å². The molecule has 0 fully saturated rings. The van der Waals surface area contributed by atoms with Crippen molar-refractivity contribution in [3.8, 4) is 5.75 Å². The number of aliphatic hydroxyl groups excluding tert-OH is 2. The first-order chi connectivity index (χ1) is 8.99. The topological polar surface area (TPSA) is 99.0 Å². The molecule has 1 atom stereocenters. The van der Waals surface area contributed by atoms with Crippen molar-refractivity contribution in [1.82, 2.24) is 0 Å². The third kappa shape index (κ3) is 4.27. The lowest BCUT2D eigenvalue weighted by Gasteiger charge is -2.14.